The first-order chi connectivity index (χ1) is 12.9. The second-order valence-corrected chi connectivity index (χ2v) is 6.93. The van der Waals surface area contributed by atoms with Crippen LogP contribution in [-0.4, -0.2) is 32.5 Å². The van der Waals surface area contributed by atoms with E-state index in [0.29, 0.717) is 27.6 Å². The number of hydrogen-bond acceptors (Lipinski definition) is 7. The monoisotopic (exact) mass is 440 g/mol. The first kappa shape index (κ1) is 21.2. The van der Waals surface area contributed by atoms with Crippen molar-refractivity contribution in [2.45, 2.75) is 6.92 Å². The van der Waals surface area contributed by atoms with E-state index < -0.39 is 5.97 Å². The number of thiocarbonyl (C=S) groups is 1. The molecule has 3 aromatic rings. The van der Waals surface area contributed by atoms with Gasteiger partial charge in [-0.15, -0.1) is 11.3 Å². The van der Waals surface area contributed by atoms with Crippen LogP contribution in [0, 0.1) is 0 Å². The fourth-order valence-electron chi connectivity index (χ4n) is 1.73. The third-order valence-corrected chi connectivity index (χ3v) is 4.55. The smallest absolute Gasteiger partial charge is 0.357 e. The predicted octanol–water partition coefficient (Wildman–Crippen LogP) is 4.40. The maximum absolute atomic E-state index is 11.4. The molecule has 6 nitrogen and oxygen atoms in total. The average Bonchev–Trinajstić information content (AvgIpc) is 3.14. The van der Waals surface area contributed by atoms with Gasteiger partial charge in [0, 0.05) is 28.9 Å². The third-order valence-electron chi connectivity index (χ3n) is 2.97. The maximum atomic E-state index is 11.4. The summed E-state index contributed by atoms with van der Waals surface area (Å²) in [5.74, 6) is -0.406. The van der Waals surface area contributed by atoms with Gasteiger partial charge in [0.2, 0.25) is 0 Å². The lowest BCUT2D eigenvalue weighted by atomic mass is 10.3. The molecule has 0 amide bonds. The largest absolute Gasteiger partial charge is 0.461 e. The number of aromatic nitrogens is 3. The molecule has 0 fully saturated rings. The van der Waals surface area contributed by atoms with E-state index in [1.165, 1.54) is 11.3 Å². The number of nitrogens with zero attached hydrogens (tertiary/aromatic N) is 3. The van der Waals surface area contributed by atoms with Crippen LogP contribution >= 0.6 is 46.8 Å². The fourth-order valence-corrected chi connectivity index (χ4v) is 2.85. The molecule has 0 atom stereocenters. The molecule has 0 aliphatic carbocycles. The second-order valence-electron chi connectivity index (χ2n) is 4.86. The molecule has 0 saturated heterocycles. The Morgan fingerprint density at radius 1 is 1.19 bits per heavy atom. The average molecular weight is 441 g/mol. The van der Waals surface area contributed by atoms with Crippen molar-refractivity contribution in [3.8, 4) is 10.6 Å². The van der Waals surface area contributed by atoms with Crippen LogP contribution in [0.4, 0.5) is 0 Å². The summed E-state index contributed by atoms with van der Waals surface area (Å²) in [5, 5.41) is 3.26. The summed E-state index contributed by atoms with van der Waals surface area (Å²) >= 11 is 17.3. The SMILES string of the molecule is CCOC(=O)c1csc(-c2ccc(Cl)nc2)n1.NC(=S)c1ccc(Cl)nc1. The van der Waals surface area contributed by atoms with Gasteiger partial charge >= 0.3 is 5.97 Å². The molecule has 0 spiro atoms. The number of carbonyl (C=O) groups excluding carboxylic acids is 1. The summed E-state index contributed by atoms with van der Waals surface area (Å²) in [6.07, 6.45) is 3.17. The van der Waals surface area contributed by atoms with Gasteiger partial charge < -0.3 is 10.5 Å². The number of nitrogens with two attached hydrogens (primary N) is 1. The lowest BCUT2D eigenvalue weighted by Gasteiger charge is -1.97. The van der Waals surface area contributed by atoms with Gasteiger partial charge in [-0.3, -0.25) is 0 Å². The minimum atomic E-state index is -0.406. The highest BCUT2D eigenvalue weighted by molar-refractivity contribution is 7.80. The molecule has 0 aromatic carbocycles. The Morgan fingerprint density at radius 2 is 1.85 bits per heavy atom. The zero-order chi connectivity index (χ0) is 19.8. The molecule has 27 heavy (non-hydrogen) atoms. The van der Waals surface area contributed by atoms with E-state index in [0.717, 1.165) is 16.1 Å². The molecular formula is C17H14Cl2N4O2S2. The summed E-state index contributed by atoms with van der Waals surface area (Å²) in [6.45, 7) is 2.10. The molecule has 0 aliphatic rings. The first-order valence-corrected chi connectivity index (χ1v) is 9.61. The van der Waals surface area contributed by atoms with Crippen molar-refractivity contribution in [1.82, 2.24) is 15.0 Å². The Balaban J connectivity index is 0.000000223. The van der Waals surface area contributed by atoms with E-state index in [-0.39, 0.29) is 0 Å². The van der Waals surface area contributed by atoms with Crippen LogP contribution in [0.3, 0.4) is 0 Å². The lowest BCUT2D eigenvalue weighted by Crippen LogP contribution is -2.09. The molecular weight excluding hydrogens is 427 g/mol. The predicted molar refractivity (Wildman–Crippen MR) is 111 cm³/mol. The van der Waals surface area contributed by atoms with Crippen LogP contribution in [0.1, 0.15) is 23.0 Å². The molecule has 0 aliphatic heterocycles. The zero-order valence-corrected chi connectivity index (χ0v) is 17.2. The summed E-state index contributed by atoms with van der Waals surface area (Å²) in [7, 11) is 0. The van der Waals surface area contributed by atoms with Crippen LogP contribution in [0.25, 0.3) is 10.6 Å². The van der Waals surface area contributed by atoms with Crippen LogP contribution in [0.5, 0.6) is 0 Å². The number of pyridine rings is 2. The second kappa shape index (κ2) is 10.3. The summed E-state index contributed by atoms with van der Waals surface area (Å²) in [6, 6.07) is 6.87. The molecule has 0 bridgehead atoms. The van der Waals surface area contributed by atoms with Crippen LogP contribution in [0.2, 0.25) is 10.3 Å². The highest BCUT2D eigenvalue weighted by Crippen LogP contribution is 2.24. The Hall–Kier alpha value is -2.13. The summed E-state index contributed by atoms with van der Waals surface area (Å²) in [4.78, 5) is 23.7. The summed E-state index contributed by atoms with van der Waals surface area (Å²) < 4.78 is 4.86. The Kier molecular flexibility index (Phi) is 8.05. The third kappa shape index (κ3) is 6.51. The molecule has 0 unspecified atom stereocenters. The van der Waals surface area contributed by atoms with Crippen LogP contribution in [-0.2, 0) is 4.74 Å². The van der Waals surface area contributed by atoms with Gasteiger partial charge in [-0.25, -0.2) is 19.7 Å². The lowest BCUT2D eigenvalue weighted by molar-refractivity contribution is 0.0520. The van der Waals surface area contributed by atoms with Gasteiger partial charge in [-0.1, -0.05) is 35.4 Å². The number of hydrogen-bond donors (Lipinski definition) is 1. The van der Waals surface area contributed by atoms with E-state index in [4.69, 9.17) is 45.9 Å². The van der Waals surface area contributed by atoms with E-state index in [9.17, 15) is 4.79 Å². The normalized spacial score (nSPS) is 9.89. The number of thiazole rings is 1. The van der Waals surface area contributed by atoms with Gasteiger partial charge in [-0.05, 0) is 31.2 Å². The van der Waals surface area contributed by atoms with Crippen molar-refractivity contribution in [2.75, 3.05) is 6.61 Å². The van der Waals surface area contributed by atoms with Gasteiger partial charge in [0.15, 0.2) is 5.69 Å². The number of carbonyl (C=O) groups is 1. The van der Waals surface area contributed by atoms with Crippen molar-refractivity contribution in [3.05, 3.63) is 63.6 Å². The van der Waals surface area contributed by atoms with E-state index >= 15 is 0 Å². The molecule has 3 rings (SSSR count). The van der Waals surface area contributed by atoms with Crippen LogP contribution in [0.15, 0.2) is 42.0 Å². The number of halogens is 2. The van der Waals surface area contributed by atoms with Crippen molar-refractivity contribution in [2.24, 2.45) is 5.73 Å². The first-order valence-electron chi connectivity index (χ1n) is 7.56. The fraction of sp³-hybridized carbons (Fsp3) is 0.118. The maximum Gasteiger partial charge on any atom is 0.357 e. The van der Waals surface area contributed by atoms with Crippen molar-refractivity contribution in [1.29, 1.82) is 0 Å². The number of ether oxygens (including phenoxy) is 1. The number of rotatable bonds is 4. The van der Waals surface area contributed by atoms with Crippen LogP contribution < -0.4 is 5.73 Å². The number of esters is 1. The van der Waals surface area contributed by atoms with Gasteiger partial charge in [0.1, 0.15) is 20.3 Å². The highest BCUT2D eigenvalue weighted by Gasteiger charge is 2.12. The molecule has 0 saturated carbocycles. The Labute approximate surface area is 175 Å². The van der Waals surface area contributed by atoms with E-state index in [2.05, 4.69) is 15.0 Å². The minimum absolute atomic E-state index is 0.321. The van der Waals surface area contributed by atoms with Crippen molar-refractivity contribution >= 4 is 57.7 Å². The topological polar surface area (TPSA) is 91.0 Å². The molecule has 0 radical (unpaired) electrons. The quantitative estimate of drug-likeness (QED) is 0.364. The van der Waals surface area contributed by atoms with Crippen molar-refractivity contribution < 1.29 is 9.53 Å². The summed E-state index contributed by atoms with van der Waals surface area (Å²) in [5.41, 5.74) is 7.20. The molecule has 3 aromatic heterocycles. The molecule has 140 valence electrons. The Bertz CT molecular complexity index is 915. The molecule has 10 heteroatoms. The van der Waals surface area contributed by atoms with Gasteiger partial charge in [-0.2, -0.15) is 0 Å². The molecule has 2 N–H and O–H groups in total. The van der Waals surface area contributed by atoms with Gasteiger partial charge in [0.05, 0.1) is 6.61 Å². The standard InChI is InChI=1S/C11H9ClN2O2S.C6H5ClN2S/c1-2-16-11(15)8-6-17-10(14-8)7-3-4-9(12)13-5-7;7-5-2-1-4(3-9-5)6(8)10/h3-6H,2H2,1H3;1-3H,(H2,8,10). The zero-order valence-electron chi connectivity index (χ0n) is 14.1. The van der Waals surface area contributed by atoms with Gasteiger partial charge in [0.25, 0.3) is 0 Å². The highest BCUT2D eigenvalue weighted by atomic mass is 35.5. The Morgan fingerprint density at radius 3 is 2.37 bits per heavy atom. The molecule has 3 heterocycles. The van der Waals surface area contributed by atoms with E-state index in [1.807, 2.05) is 6.07 Å². The van der Waals surface area contributed by atoms with E-state index in [1.54, 1.807) is 42.9 Å². The van der Waals surface area contributed by atoms with Crippen molar-refractivity contribution in [3.63, 3.8) is 0 Å². The minimum Gasteiger partial charge on any atom is -0.461 e.